The van der Waals surface area contributed by atoms with Gasteiger partial charge in [-0.2, -0.15) is 0 Å². The Balaban J connectivity index is 3.35. The van der Waals surface area contributed by atoms with Gasteiger partial charge in [0.05, 0.1) is 6.54 Å². The second kappa shape index (κ2) is 9.00. The molecule has 1 atom stereocenters. The summed E-state index contributed by atoms with van der Waals surface area (Å²) in [5, 5.41) is 5.79. The average Bonchev–Trinajstić information content (AvgIpc) is 2.13. The molecule has 0 aliphatic rings. The van der Waals surface area contributed by atoms with E-state index in [1.54, 1.807) is 7.05 Å². The van der Waals surface area contributed by atoms with Crippen LogP contribution in [0.25, 0.3) is 0 Å². The Morgan fingerprint density at radius 3 is 2.57 bits per heavy atom. The molecule has 2 N–H and O–H groups in total. The standard InChI is InChI=1S/C11H24N2O/c1-4-5-6-7-8-10(2)13-11(14)9-12-3/h10,12H,4-9H2,1-3H3,(H,13,14). The Hall–Kier alpha value is -0.570. The van der Waals surface area contributed by atoms with E-state index >= 15 is 0 Å². The summed E-state index contributed by atoms with van der Waals surface area (Å²) in [6.45, 7) is 4.69. The van der Waals surface area contributed by atoms with Crippen LogP contribution in [-0.2, 0) is 4.79 Å². The van der Waals surface area contributed by atoms with Gasteiger partial charge in [0.25, 0.3) is 0 Å². The summed E-state index contributed by atoms with van der Waals surface area (Å²) < 4.78 is 0. The van der Waals surface area contributed by atoms with Crippen molar-refractivity contribution >= 4 is 5.91 Å². The quantitative estimate of drug-likeness (QED) is 0.585. The zero-order valence-electron chi connectivity index (χ0n) is 9.73. The number of unbranched alkanes of at least 4 members (excludes halogenated alkanes) is 3. The third-order valence-corrected chi connectivity index (χ3v) is 2.24. The van der Waals surface area contributed by atoms with E-state index in [-0.39, 0.29) is 5.91 Å². The molecule has 0 aromatic heterocycles. The summed E-state index contributed by atoms with van der Waals surface area (Å²) in [6.07, 6.45) is 6.16. The first kappa shape index (κ1) is 13.4. The highest BCUT2D eigenvalue weighted by atomic mass is 16.1. The number of nitrogens with one attached hydrogen (secondary N) is 2. The number of carbonyl (C=O) groups is 1. The van der Waals surface area contributed by atoms with Crippen LogP contribution in [-0.4, -0.2) is 25.5 Å². The molecule has 0 bridgehead atoms. The predicted molar refractivity (Wildman–Crippen MR) is 60.3 cm³/mol. The van der Waals surface area contributed by atoms with Gasteiger partial charge in [-0.1, -0.05) is 32.6 Å². The first-order valence-electron chi connectivity index (χ1n) is 5.64. The van der Waals surface area contributed by atoms with E-state index in [9.17, 15) is 4.79 Å². The lowest BCUT2D eigenvalue weighted by Crippen LogP contribution is -2.38. The van der Waals surface area contributed by atoms with Crippen LogP contribution in [0.2, 0.25) is 0 Å². The van der Waals surface area contributed by atoms with E-state index in [1.807, 2.05) is 0 Å². The Kier molecular flexibility index (Phi) is 8.64. The maximum Gasteiger partial charge on any atom is 0.234 e. The molecule has 0 spiro atoms. The van der Waals surface area contributed by atoms with Gasteiger partial charge in [0.1, 0.15) is 0 Å². The van der Waals surface area contributed by atoms with Crippen molar-refractivity contribution in [2.24, 2.45) is 0 Å². The molecule has 0 aromatic rings. The van der Waals surface area contributed by atoms with E-state index < -0.39 is 0 Å². The van der Waals surface area contributed by atoms with E-state index in [1.165, 1.54) is 25.7 Å². The molecule has 1 amide bonds. The molecule has 0 saturated carbocycles. The third-order valence-electron chi connectivity index (χ3n) is 2.24. The van der Waals surface area contributed by atoms with Crippen molar-refractivity contribution in [3.05, 3.63) is 0 Å². The Bertz CT molecular complexity index is 148. The minimum absolute atomic E-state index is 0.0930. The van der Waals surface area contributed by atoms with E-state index in [0.29, 0.717) is 12.6 Å². The van der Waals surface area contributed by atoms with Crippen LogP contribution in [0.5, 0.6) is 0 Å². The number of rotatable bonds is 8. The van der Waals surface area contributed by atoms with Gasteiger partial charge >= 0.3 is 0 Å². The van der Waals surface area contributed by atoms with Crippen LogP contribution in [0.4, 0.5) is 0 Å². The van der Waals surface area contributed by atoms with Gasteiger partial charge in [-0.15, -0.1) is 0 Å². The molecule has 0 rings (SSSR count). The second-order valence-corrected chi connectivity index (χ2v) is 3.85. The summed E-state index contributed by atoms with van der Waals surface area (Å²) >= 11 is 0. The Morgan fingerprint density at radius 1 is 1.29 bits per heavy atom. The summed E-state index contributed by atoms with van der Waals surface area (Å²) in [5.74, 6) is 0.0930. The highest BCUT2D eigenvalue weighted by Gasteiger charge is 2.05. The van der Waals surface area contributed by atoms with Crippen molar-refractivity contribution in [1.82, 2.24) is 10.6 Å². The molecular formula is C11H24N2O. The lowest BCUT2D eigenvalue weighted by Gasteiger charge is -2.13. The number of hydrogen-bond acceptors (Lipinski definition) is 2. The summed E-state index contributed by atoms with van der Waals surface area (Å²) in [7, 11) is 1.78. The number of likely N-dealkylation sites (N-methyl/N-ethyl adjacent to an activating group) is 1. The molecule has 0 aromatic carbocycles. The normalized spacial score (nSPS) is 12.5. The van der Waals surface area contributed by atoms with Crippen molar-refractivity contribution in [3.63, 3.8) is 0 Å². The van der Waals surface area contributed by atoms with Gasteiger partial charge < -0.3 is 10.6 Å². The fourth-order valence-electron chi connectivity index (χ4n) is 1.44. The van der Waals surface area contributed by atoms with E-state index in [4.69, 9.17) is 0 Å². The fourth-order valence-corrected chi connectivity index (χ4v) is 1.44. The lowest BCUT2D eigenvalue weighted by molar-refractivity contribution is -0.120. The maximum atomic E-state index is 11.2. The predicted octanol–water partition coefficient (Wildman–Crippen LogP) is 1.68. The highest BCUT2D eigenvalue weighted by molar-refractivity contribution is 5.78. The van der Waals surface area contributed by atoms with Gasteiger partial charge in [-0.05, 0) is 20.4 Å². The van der Waals surface area contributed by atoms with Gasteiger partial charge in [-0.3, -0.25) is 4.79 Å². The molecule has 1 unspecified atom stereocenters. The molecular weight excluding hydrogens is 176 g/mol. The SMILES string of the molecule is CCCCCCC(C)NC(=O)CNC. The molecule has 3 nitrogen and oxygen atoms in total. The van der Waals surface area contributed by atoms with Gasteiger partial charge in [0.15, 0.2) is 0 Å². The first-order valence-corrected chi connectivity index (χ1v) is 5.64. The minimum atomic E-state index is 0.0930. The maximum absolute atomic E-state index is 11.2. The Morgan fingerprint density at radius 2 is 2.00 bits per heavy atom. The number of carbonyl (C=O) groups excluding carboxylic acids is 1. The topological polar surface area (TPSA) is 41.1 Å². The third kappa shape index (κ3) is 8.05. The van der Waals surface area contributed by atoms with Crippen LogP contribution in [0.15, 0.2) is 0 Å². The molecule has 0 aliphatic heterocycles. The summed E-state index contributed by atoms with van der Waals surface area (Å²) in [6, 6.07) is 0.313. The van der Waals surface area contributed by atoms with E-state index in [2.05, 4.69) is 24.5 Å². The lowest BCUT2D eigenvalue weighted by atomic mass is 10.1. The zero-order valence-corrected chi connectivity index (χ0v) is 9.73. The van der Waals surface area contributed by atoms with E-state index in [0.717, 1.165) is 6.42 Å². The molecule has 0 aliphatic carbocycles. The summed E-state index contributed by atoms with van der Waals surface area (Å²) in [5.41, 5.74) is 0. The average molecular weight is 200 g/mol. The van der Waals surface area contributed by atoms with Crippen molar-refractivity contribution in [1.29, 1.82) is 0 Å². The van der Waals surface area contributed by atoms with Gasteiger partial charge in [-0.25, -0.2) is 0 Å². The van der Waals surface area contributed by atoms with Gasteiger partial charge in [0.2, 0.25) is 5.91 Å². The smallest absolute Gasteiger partial charge is 0.234 e. The van der Waals surface area contributed by atoms with Crippen LogP contribution in [0.1, 0.15) is 46.0 Å². The molecule has 14 heavy (non-hydrogen) atoms. The van der Waals surface area contributed by atoms with Crippen molar-refractivity contribution < 1.29 is 4.79 Å². The molecule has 0 heterocycles. The second-order valence-electron chi connectivity index (χ2n) is 3.85. The minimum Gasteiger partial charge on any atom is -0.353 e. The zero-order chi connectivity index (χ0) is 10.8. The molecule has 0 fully saturated rings. The van der Waals surface area contributed by atoms with Gasteiger partial charge in [0, 0.05) is 6.04 Å². The van der Waals surface area contributed by atoms with Crippen LogP contribution in [0.3, 0.4) is 0 Å². The molecule has 0 saturated heterocycles. The largest absolute Gasteiger partial charge is 0.353 e. The summed E-state index contributed by atoms with van der Waals surface area (Å²) in [4.78, 5) is 11.2. The Labute approximate surface area is 87.6 Å². The van der Waals surface area contributed by atoms with Crippen LogP contribution < -0.4 is 10.6 Å². The number of hydrogen-bond donors (Lipinski definition) is 2. The fraction of sp³-hybridized carbons (Fsp3) is 0.909. The van der Waals surface area contributed by atoms with Crippen molar-refractivity contribution in [2.75, 3.05) is 13.6 Å². The monoisotopic (exact) mass is 200 g/mol. The molecule has 3 heteroatoms. The first-order chi connectivity index (χ1) is 6.70. The highest BCUT2D eigenvalue weighted by Crippen LogP contribution is 2.04. The van der Waals surface area contributed by atoms with Crippen molar-refractivity contribution in [2.45, 2.75) is 52.0 Å². The van der Waals surface area contributed by atoms with Crippen LogP contribution in [0, 0.1) is 0 Å². The molecule has 0 radical (unpaired) electrons. The van der Waals surface area contributed by atoms with Crippen LogP contribution >= 0.6 is 0 Å². The van der Waals surface area contributed by atoms with Crippen molar-refractivity contribution in [3.8, 4) is 0 Å². The molecule has 84 valence electrons. The number of amides is 1.